The van der Waals surface area contributed by atoms with E-state index in [2.05, 4.69) is 39.5 Å². The number of rotatable bonds is 9. The third-order valence-electron chi connectivity index (χ3n) is 7.05. The highest BCUT2D eigenvalue weighted by molar-refractivity contribution is 5.18. The summed E-state index contributed by atoms with van der Waals surface area (Å²) in [7, 11) is 0. The molecule has 30 heavy (non-hydrogen) atoms. The first-order valence-electron chi connectivity index (χ1n) is 12.6. The number of hydrogen-bond acceptors (Lipinski definition) is 2. The van der Waals surface area contributed by atoms with Gasteiger partial charge in [0.1, 0.15) is 11.5 Å². The first-order valence-corrected chi connectivity index (χ1v) is 12.6. The Morgan fingerprint density at radius 2 is 1.27 bits per heavy atom. The molecule has 3 aliphatic rings. The topological polar surface area (TPSA) is 18.5 Å². The van der Waals surface area contributed by atoms with Gasteiger partial charge in [0.15, 0.2) is 0 Å². The van der Waals surface area contributed by atoms with E-state index in [1.807, 2.05) is 0 Å². The number of ether oxygens (including phenoxy) is 2. The van der Waals surface area contributed by atoms with Crippen molar-refractivity contribution in [2.45, 2.75) is 117 Å². The molecule has 2 nitrogen and oxygen atoms in total. The molecule has 3 rings (SSSR count). The molecule has 1 heterocycles. The first-order chi connectivity index (χ1) is 14.5. The van der Waals surface area contributed by atoms with Gasteiger partial charge in [-0.15, -0.1) is 0 Å². The fourth-order valence-electron chi connectivity index (χ4n) is 5.17. The molecular formula is C28H44O2. The molecule has 168 valence electrons. The SMILES string of the molecule is C=C(CCC=C(C)CCC=C(C)C)C1OC(C2CCCCC2)=C(C2CCCCC2)O1. The quantitative estimate of drug-likeness (QED) is 0.352. The van der Waals surface area contributed by atoms with E-state index >= 15 is 0 Å². The van der Waals surface area contributed by atoms with Crippen LogP contribution in [0.25, 0.3) is 0 Å². The Hall–Kier alpha value is -1.44. The van der Waals surface area contributed by atoms with E-state index in [0.29, 0.717) is 11.8 Å². The van der Waals surface area contributed by atoms with Crippen LogP contribution in [0.2, 0.25) is 0 Å². The van der Waals surface area contributed by atoms with Crippen molar-refractivity contribution in [2.75, 3.05) is 0 Å². The third-order valence-corrected chi connectivity index (χ3v) is 7.05. The summed E-state index contributed by atoms with van der Waals surface area (Å²) in [6.45, 7) is 10.9. The van der Waals surface area contributed by atoms with Crippen LogP contribution < -0.4 is 0 Å². The highest BCUT2D eigenvalue weighted by atomic mass is 16.7. The van der Waals surface area contributed by atoms with Gasteiger partial charge in [-0.1, -0.05) is 68.4 Å². The lowest BCUT2D eigenvalue weighted by Gasteiger charge is -2.25. The minimum absolute atomic E-state index is 0.252. The molecule has 2 fully saturated rings. The normalized spacial score (nSPS) is 22.0. The Kier molecular flexibility index (Phi) is 9.15. The molecule has 0 spiro atoms. The zero-order valence-corrected chi connectivity index (χ0v) is 19.8. The summed E-state index contributed by atoms with van der Waals surface area (Å²) < 4.78 is 13.0. The molecule has 0 atom stereocenters. The van der Waals surface area contributed by atoms with Gasteiger partial charge in [-0.05, 0) is 72.1 Å². The Morgan fingerprint density at radius 1 is 0.767 bits per heavy atom. The molecule has 0 aromatic heterocycles. The van der Waals surface area contributed by atoms with Crippen LogP contribution in [0, 0.1) is 11.8 Å². The lowest BCUT2D eigenvalue weighted by atomic mass is 9.83. The summed E-state index contributed by atoms with van der Waals surface area (Å²) in [6, 6.07) is 0. The Labute approximate surface area is 185 Å². The van der Waals surface area contributed by atoms with E-state index in [4.69, 9.17) is 9.47 Å². The molecule has 1 aliphatic heterocycles. The van der Waals surface area contributed by atoms with Crippen LogP contribution in [-0.4, -0.2) is 6.29 Å². The van der Waals surface area contributed by atoms with Crippen LogP contribution >= 0.6 is 0 Å². The van der Waals surface area contributed by atoms with Crippen molar-refractivity contribution < 1.29 is 9.47 Å². The summed E-state index contributed by atoms with van der Waals surface area (Å²) in [5.41, 5.74) is 3.97. The monoisotopic (exact) mass is 412 g/mol. The second-order valence-corrected chi connectivity index (χ2v) is 10.0. The van der Waals surface area contributed by atoms with E-state index in [1.54, 1.807) is 0 Å². The van der Waals surface area contributed by atoms with Gasteiger partial charge >= 0.3 is 0 Å². The summed E-state index contributed by atoms with van der Waals surface area (Å²) in [4.78, 5) is 0. The fourth-order valence-corrected chi connectivity index (χ4v) is 5.17. The van der Waals surface area contributed by atoms with Gasteiger partial charge in [-0.3, -0.25) is 0 Å². The predicted molar refractivity (Wildman–Crippen MR) is 127 cm³/mol. The van der Waals surface area contributed by atoms with Gasteiger partial charge < -0.3 is 9.47 Å². The van der Waals surface area contributed by atoms with E-state index in [1.165, 1.54) is 86.9 Å². The van der Waals surface area contributed by atoms with Crippen molar-refractivity contribution >= 4 is 0 Å². The maximum Gasteiger partial charge on any atom is 0.262 e. The van der Waals surface area contributed by atoms with Crippen LogP contribution in [0.5, 0.6) is 0 Å². The minimum Gasteiger partial charge on any atom is -0.452 e. The fraction of sp³-hybridized carbons (Fsp3) is 0.714. The second-order valence-electron chi connectivity index (χ2n) is 10.0. The van der Waals surface area contributed by atoms with E-state index in [0.717, 1.165) is 31.3 Å². The summed E-state index contributed by atoms with van der Waals surface area (Å²) >= 11 is 0. The predicted octanol–water partition coefficient (Wildman–Crippen LogP) is 8.76. The molecule has 0 bridgehead atoms. The molecule has 0 aromatic carbocycles. The Morgan fingerprint density at radius 3 is 1.77 bits per heavy atom. The van der Waals surface area contributed by atoms with Crippen LogP contribution in [0.4, 0.5) is 0 Å². The molecule has 2 aliphatic carbocycles. The standard InChI is InChI=1S/C28H44O2/c1-21(2)13-11-14-22(3)15-12-16-23(4)28-29-26(24-17-7-5-8-18-24)27(30-28)25-19-9-6-10-20-25/h13,15,24-25,28H,4-12,14,16-20H2,1-3H3. The van der Waals surface area contributed by atoms with Gasteiger partial charge in [-0.25, -0.2) is 0 Å². The maximum atomic E-state index is 6.51. The molecule has 0 saturated heterocycles. The largest absolute Gasteiger partial charge is 0.452 e. The zero-order chi connectivity index (χ0) is 21.3. The van der Waals surface area contributed by atoms with E-state index < -0.39 is 0 Å². The van der Waals surface area contributed by atoms with E-state index in [-0.39, 0.29) is 6.29 Å². The highest BCUT2D eigenvalue weighted by Gasteiger charge is 2.37. The number of hydrogen-bond donors (Lipinski definition) is 0. The van der Waals surface area contributed by atoms with E-state index in [9.17, 15) is 0 Å². The molecule has 0 amide bonds. The minimum atomic E-state index is -0.252. The summed E-state index contributed by atoms with van der Waals surface area (Å²) in [6.07, 6.45) is 21.8. The Bertz CT molecular complexity index is 620. The van der Waals surface area contributed by atoms with Crippen LogP contribution in [0.1, 0.15) is 111 Å². The van der Waals surface area contributed by atoms with Crippen molar-refractivity contribution in [2.24, 2.45) is 11.8 Å². The highest BCUT2D eigenvalue weighted by Crippen LogP contribution is 2.44. The molecule has 2 heteroatoms. The summed E-state index contributed by atoms with van der Waals surface area (Å²) in [5.74, 6) is 3.57. The van der Waals surface area contributed by atoms with Crippen molar-refractivity contribution in [1.82, 2.24) is 0 Å². The van der Waals surface area contributed by atoms with Gasteiger partial charge in [0.25, 0.3) is 6.29 Å². The smallest absolute Gasteiger partial charge is 0.262 e. The average molecular weight is 413 g/mol. The van der Waals surface area contributed by atoms with Gasteiger partial charge in [0.05, 0.1) is 0 Å². The average Bonchev–Trinajstić information content (AvgIpc) is 3.20. The maximum absolute atomic E-state index is 6.51. The molecule has 0 radical (unpaired) electrons. The van der Waals surface area contributed by atoms with Gasteiger partial charge in [0, 0.05) is 17.4 Å². The van der Waals surface area contributed by atoms with Crippen LogP contribution in [0.3, 0.4) is 0 Å². The molecular weight excluding hydrogens is 368 g/mol. The van der Waals surface area contributed by atoms with Crippen molar-refractivity contribution in [3.63, 3.8) is 0 Å². The third kappa shape index (κ3) is 6.79. The molecule has 0 N–H and O–H groups in total. The Balaban J connectivity index is 1.55. The molecule has 2 saturated carbocycles. The zero-order valence-electron chi connectivity index (χ0n) is 19.8. The molecule has 0 aromatic rings. The lowest BCUT2D eigenvalue weighted by molar-refractivity contribution is -0.0245. The molecule has 0 unspecified atom stereocenters. The van der Waals surface area contributed by atoms with Crippen LogP contribution in [0.15, 0.2) is 47.0 Å². The lowest BCUT2D eigenvalue weighted by Crippen LogP contribution is -2.15. The summed E-state index contributed by atoms with van der Waals surface area (Å²) in [5, 5.41) is 0. The van der Waals surface area contributed by atoms with Crippen molar-refractivity contribution in [3.05, 3.63) is 47.0 Å². The first kappa shape index (κ1) is 23.2. The number of allylic oxidation sites excluding steroid dienone is 6. The van der Waals surface area contributed by atoms with Crippen molar-refractivity contribution in [1.29, 1.82) is 0 Å². The van der Waals surface area contributed by atoms with Gasteiger partial charge in [0.2, 0.25) is 0 Å². The van der Waals surface area contributed by atoms with Gasteiger partial charge in [-0.2, -0.15) is 0 Å². The van der Waals surface area contributed by atoms with Crippen molar-refractivity contribution in [3.8, 4) is 0 Å². The second kappa shape index (κ2) is 11.8. The van der Waals surface area contributed by atoms with Crippen LogP contribution in [-0.2, 0) is 9.47 Å².